The Labute approximate surface area is 199 Å². The molecule has 2 fully saturated rings. The normalized spacial score (nSPS) is 18.1. The Bertz CT molecular complexity index is 1130. The van der Waals surface area contributed by atoms with Gasteiger partial charge in [-0.15, -0.1) is 0 Å². The zero-order chi connectivity index (χ0) is 23.5. The van der Waals surface area contributed by atoms with E-state index in [4.69, 9.17) is 9.47 Å². The lowest BCUT2D eigenvalue weighted by molar-refractivity contribution is -0.133. The lowest BCUT2D eigenvalue weighted by atomic mass is 10.0. The lowest BCUT2D eigenvalue weighted by Gasteiger charge is -2.42. The van der Waals surface area contributed by atoms with Gasteiger partial charge in [-0.3, -0.25) is 9.89 Å². The van der Waals surface area contributed by atoms with Crippen molar-refractivity contribution in [2.45, 2.75) is 44.8 Å². The molecular formula is C26H31N5O3. The second-order valence-electron chi connectivity index (χ2n) is 9.04. The summed E-state index contributed by atoms with van der Waals surface area (Å²) in [5.74, 6) is 2.87. The Morgan fingerprint density at radius 2 is 1.94 bits per heavy atom. The van der Waals surface area contributed by atoms with E-state index in [1.165, 1.54) is 5.56 Å². The molecule has 1 aliphatic carbocycles. The quantitative estimate of drug-likeness (QED) is 0.555. The van der Waals surface area contributed by atoms with Gasteiger partial charge >= 0.3 is 0 Å². The first-order valence-corrected chi connectivity index (χ1v) is 11.9. The smallest absolute Gasteiger partial charge is 0.230 e. The number of H-pyrrole nitrogens is 1. The molecule has 1 atom stereocenters. The first-order valence-electron chi connectivity index (χ1n) is 11.9. The summed E-state index contributed by atoms with van der Waals surface area (Å²) in [5, 5.41) is 6.98. The molecule has 8 heteroatoms. The van der Waals surface area contributed by atoms with Crippen LogP contribution in [0.3, 0.4) is 0 Å². The fraction of sp³-hybridized carbons (Fsp3) is 0.423. The number of ether oxygens (including phenoxy) is 2. The minimum absolute atomic E-state index is 0.0404. The minimum Gasteiger partial charge on any atom is -0.493 e. The van der Waals surface area contributed by atoms with Crippen LogP contribution in [0.25, 0.3) is 0 Å². The number of nitrogens with one attached hydrogen (secondary N) is 1. The Morgan fingerprint density at radius 1 is 1.12 bits per heavy atom. The van der Waals surface area contributed by atoms with Gasteiger partial charge in [0.25, 0.3) is 0 Å². The molecule has 0 spiro atoms. The maximum atomic E-state index is 13.3. The molecule has 1 saturated heterocycles. The largest absolute Gasteiger partial charge is 0.493 e. The van der Waals surface area contributed by atoms with Gasteiger partial charge in [0.05, 0.1) is 25.7 Å². The van der Waals surface area contributed by atoms with E-state index in [1.807, 2.05) is 36.1 Å². The molecule has 3 aromatic rings. The third kappa shape index (κ3) is 5.16. The minimum atomic E-state index is 0.0404. The molecule has 1 aromatic heterocycles. The molecule has 1 N–H and O–H groups in total. The van der Waals surface area contributed by atoms with Crippen molar-refractivity contribution in [1.29, 1.82) is 0 Å². The van der Waals surface area contributed by atoms with Crippen LogP contribution in [0.1, 0.15) is 30.1 Å². The molecule has 1 aliphatic heterocycles. The van der Waals surface area contributed by atoms with E-state index in [2.05, 4.69) is 44.3 Å². The van der Waals surface area contributed by atoms with Crippen molar-refractivity contribution in [1.82, 2.24) is 20.1 Å². The Balaban J connectivity index is 1.36. The number of rotatable bonds is 8. The zero-order valence-electron chi connectivity index (χ0n) is 19.7. The fourth-order valence-corrected chi connectivity index (χ4v) is 4.50. The van der Waals surface area contributed by atoms with E-state index in [0.717, 1.165) is 55.4 Å². The second-order valence-corrected chi connectivity index (χ2v) is 9.04. The monoisotopic (exact) mass is 461 g/mol. The predicted molar refractivity (Wildman–Crippen MR) is 129 cm³/mol. The maximum absolute atomic E-state index is 13.3. The number of aromatic nitrogens is 3. The van der Waals surface area contributed by atoms with Gasteiger partial charge in [0.15, 0.2) is 17.3 Å². The highest BCUT2D eigenvalue weighted by molar-refractivity contribution is 5.78. The number of carbonyl (C=O) groups is 1. The fourth-order valence-electron chi connectivity index (χ4n) is 4.50. The topological polar surface area (TPSA) is 83.6 Å². The first-order chi connectivity index (χ1) is 16.6. The summed E-state index contributed by atoms with van der Waals surface area (Å²) in [6, 6.07) is 16.5. The average Bonchev–Trinajstić information content (AvgIpc) is 3.58. The van der Waals surface area contributed by atoms with Crippen molar-refractivity contribution in [3.8, 4) is 11.5 Å². The van der Waals surface area contributed by atoms with Crippen LogP contribution in [-0.2, 0) is 17.6 Å². The number of hydrogen-bond donors (Lipinski definition) is 1. The van der Waals surface area contributed by atoms with Crippen molar-refractivity contribution in [2.75, 3.05) is 31.6 Å². The number of hydrogen-bond acceptors (Lipinski definition) is 6. The van der Waals surface area contributed by atoms with Gasteiger partial charge in [-0.05, 0) is 43.9 Å². The average molecular weight is 462 g/mol. The van der Waals surface area contributed by atoms with Crippen LogP contribution >= 0.6 is 0 Å². The molecule has 2 aliphatic rings. The van der Waals surface area contributed by atoms with E-state index < -0.39 is 0 Å². The first kappa shape index (κ1) is 22.3. The summed E-state index contributed by atoms with van der Waals surface area (Å²) in [6.07, 6.45) is 3.48. The Kier molecular flexibility index (Phi) is 6.38. The number of aryl methyl sites for hydroxylation is 1. The summed E-state index contributed by atoms with van der Waals surface area (Å²) in [5.41, 5.74) is 2.31. The molecule has 8 nitrogen and oxygen atoms in total. The van der Waals surface area contributed by atoms with E-state index in [0.29, 0.717) is 18.5 Å². The number of benzene rings is 2. The predicted octanol–water partition coefficient (Wildman–Crippen LogP) is 3.17. The van der Waals surface area contributed by atoms with Crippen LogP contribution < -0.4 is 14.4 Å². The van der Waals surface area contributed by atoms with Gasteiger partial charge in [0.1, 0.15) is 5.82 Å². The van der Waals surface area contributed by atoms with Crippen LogP contribution in [-0.4, -0.2) is 64.9 Å². The molecule has 2 aromatic carbocycles. The number of methoxy groups -OCH3 is 1. The van der Waals surface area contributed by atoms with Gasteiger partial charge < -0.3 is 19.3 Å². The number of carbonyl (C=O) groups excluding carboxylic acids is 1. The standard InChI is InChI=1S/C26H31N5O3/c1-18-27-25(29-28-18)16-26(32)31-13-12-30(17-21(31)14-19-6-4-3-5-7-19)20-8-11-23(33-2)24(15-20)34-22-9-10-22/h3-8,11,15,21-22H,9-10,12-14,16-17H2,1-2H3,(H,27,28,29)/t21-/m0/s1. The molecule has 0 bridgehead atoms. The van der Waals surface area contributed by atoms with Crippen LogP contribution in [0.5, 0.6) is 11.5 Å². The van der Waals surface area contributed by atoms with Gasteiger partial charge in [0, 0.05) is 31.4 Å². The van der Waals surface area contributed by atoms with Gasteiger partial charge in [-0.2, -0.15) is 5.10 Å². The summed E-state index contributed by atoms with van der Waals surface area (Å²) < 4.78 is 11.6. The second kappa shape index (κ2) is 9.75. The third-order valence-corrected chi connectivity index (χ3v) is 6.40. The zero-order valence-corrected chi connectivity index (χ0v) is 19.7. The summed E-state index contributed by atoms with van der Waals surface area (Å²) in [6.45, 7) is 3.97. The highest BCUT2D eigenvalue weighted by atomic mass is 16.5. The highest BCUT2D eigenvalue weighted by Crippen LogP contribution is 2.37. The van der Waals surface area contributed by atoms with Crippen LogP contribution in [0.15, 0.2) is 48.5 Å². The van der Waals surface area contributed by atoms with Crippen molar-refractivity contribution in [2.24, 2.45) is 0 Å². The Morgan fingerprint density at radius 3 is 2.65 bits per heavy atom. The Hall–Kier alpha value is -3.55. The van der Waals surface area contributed by atoms with Crippen LogP contribution in [0.2, 0.25) is 0 Å². The third-order valence-electron chi connectivity index (χ3n) is 6.40. The van der Waals surface area contributed by atoms with E-state index in [9.17, 15) is 4.79 Å². The molecule has 34 heavy (non-hydrogen) atoms. The number of anilines is 1. The highest BCUT2D eigenvalue weighted by Gasteiger charge is 2.32. The molecular weight excluding hydrogens is 430 g/mol. The molecule has 1 saturated carbocycles. The number of nitrogens with zero attached hydrogens (tertiary/aromatic N) is 4. The van der Waals surface area contributed by atoms with Crippen molar-refractivity contribution >= 4 is 11.6 Å². The molecule has 178 valence electrons. The molecule has 0 radical (unpaired) electrons. The van der Waals surface area contributed by atoms with Crippen LogP contribution in [0, 0.1) is 6.92 Å². The lowest BCUT2D eigenvalue weighted by Crippen LogP contribution is -2.56. The van der Waals surface area contributed by atoms with Crippen molar-refractivity contribution < 1.29 is 14.3 Å². The van der Waals surface area contributed by atoms with Gasteiger partial charge in [-0.25, -0.2) is 4.98 Å². The maximum Gasteiger partial charge on any atom is 0.230 e. The summed E-state index contributed by atoms with van der Waals surface area (Å²) in [7, 11) is 1.67. The number of piperazine rings is 1. The van der Waals surface area contributed by atoms with E-state index in [-0.39, 0.29) is 18.4 Å². The van der Waals surface area contributed by atoms with Crippen molar-refractivity contribution in [3.05, 3.63) is 65.7 Å². The van der Waals surface area contributed by atoms with E-state index in [1.54, 1.807) is 7.11 Å². The molecule has 1 amide bonds. The number of amides is 1. The van der Waals surface area contributed by atoms with E-state index >= 15 is 0 Å². The van der Waals surface area contributed by atoms with Crippen molar-refractivity contribution in [3.63, 3.8) is 0 Å². The van der Waals surface area contributed by atoms with Gasteiger partial charge in [0.2, 0.25) is 5.91 Å². The number of aromatic amines is 1. The molecule has 2 heterocycles. The molecule has 0 unspecified atom stereocenters. The van der Waals surface area contributed by atoms with Gasteiger partial charge in [-0.1, -0.05) is 30.3 Å². The van der Waals surface area contributed by atoms with Crippen LogP contribution in [0.4, 0.5) is 5.69 Å². The summed E-state index contributed by atoms with van der Waals surface area (Å²) >= 11 is 0. The SMILES string of the molecule is COc1ccc(N2CCN(C(=O)Cc3n[nH]c(C)n3)[C@@H](Cc3ccccc3)C2)cc1OC1CC1. The molecule has 5 rings (SSSR count). The summed E-state index contributed by atoms with van der Waals surface area (Å²) in [4.78, 5) is 21.9.